The molecule has 1 unspecified atom stereocenters. The van der Waals surface area contributed by atoms with Gasteiger partial charge in [-0.05, 0) is 42.7 Å². The summed E-state index contributed by atoms with van der Waals surface area (Å²) in [4.78, 5) is 0. The monoisotopic (exact) mass is 281 g/mol. The summed E-state index contributed by atoms with van der Waals surface area (Å²) < 4.78 is 15.9. The van der Waals surface area contributed by atoms with Crippen molar-refractivity contribution in [2.24, 2.45) is 0 Å². The first kappa shape index (κ1) is 12.4. The normalized spacial score (nSPS) is 17.5. The number of hydrogen-bond donors (Lipinski definition) is 1. The Morgan fingerprint density at radius 3 is 2.95 bits per heavy atom. The molecule has 0 radical (unpaired) electrons. The predicted molar refractivity (Wildman–Crippen MR) is 82.1 cm³/mol. The SMILES string of the molecule is Cc1ccc(C2CCNc3c4ccccc4nn32)cc1F. The van der Waals surface area contributed by atoms with Crippen LogP contribution in [0.25, 0.3) is 10.9 Å². The molecular formula is C17H16FN3. The van der Waals surface area contributed by atoms with Crippen LogP contribution >= 0.6 is 0 Å². The van der Waals surface area contributed by atoms with Crippen molar-refractivity contribution in [3.8, 4) is 0 Å². The molecule has 0 amide bonds. The summed E-state index contributed by atoms with van der Waals surface area (Å²) in [6.45, 7) is 2.66. The number of fused-ring (bicyclic) bond motifs is 3. The van der Waals surface area contributed by atoms with Gasteiger partial charge in [-0.2, -0.15) is 5.10 Å². The van der Waals surface area contributed by atoms with Gasteiger partial charge < -0.3 is 5.32 Å². The zero-order chi connectivity index (χ0) is 14.4. The first-order valence-electron chi connectivity index (χ1n) is 7.21. The van der Waals surface area contributed by atoms with E-state index < -0.39 is 0 Å². The highest BCUT2D eigenvalue weighted by atomic mass is 19.1. The second-order valence-corrected chi connectivity index (χ2v) is 5.55. The number of hydrogen-bond acceptors (Lipinski definition) is 2. The van der Waals surface area contributed by atoms with E-state index in [1.54, 1.807) is 13.0 Å². The molecular weight excluding hydrogens is 265 g/mol. The number of aromatic nitrogens is 2. The van der Waals surface area contributed by atoms with Gasteiger partial charge in [-0.3, -0.25) is 0 Å². The fraction of sp³-hybridized carbons (Fsp3) is 0.235. The Bertz CT molecular complexity index is 822. The number of aryl methyl sites for hydroxylation is 1. The fourth-order valence-electron chi connectivity index (χ4n) is 3.03. The third-order valence-corrected chi connectivity index (χ3v) is 4.19. The third kappa shape index (κ3) is 1.90. The van der Waals surface area contributed by atoms with E-state index in [9.17, 15) is 4.39 Å². The van der Waals surface area contributed by atoms with Gasteiger partial charge in [0, 0.05) is 11.9 Å². The van der Waals surface area contributed by atoms with Crippen molar-refractivity contribution < 1.29 is 4.39 Å². The minimum atomic E-state index is -0.149. The number of rotatable bonds is 1. The lowest BCUT2D eigenvalue weighted by Crippen LogP contribution is -2.24. The Kier molecular flexibility index (Phi) is 2.70. The van der Waals surface area contributed by atoms with E-state index in [0.717, 1.165) is 35.2 Å². The first-order chi connectivity index (χ1) is 10.2. The third-order valence-electron chi connectivity index (χ3n) is 4.19. The summed E-state index contributed by atoms with van der Waals surface area (Å²) in [5.74, 6) is 0.882. The summed E-state index contributed by atoms with van der Waals surface area (Å²) in [5.41, 5.74) is 2.63. The van der Waals surface area contributed by atoms with E-state index in [2.05, 4.69) is 11.4 Å². The quantitative estimate of drug-likeness (QED) is 0.733. The van der Waals surface area contributed by atoms with Crippen molar-refractivity contribution in [1.29, 1.82) is 0 Å². The molecule has 0 fully saturated rings. The largest absolute Gasteiger partial charge is 0.370 e. The molecule has 0 spiro atoms. The second-order valence-electron chi connectivity index (χ2n) is 5.55. The first-order valence-corrected chi connectivity index (χ1v) is 7.21. The van der Waals surface area contributed by atoms with Gasteiger partial charge in [0.15, 0.2) is 0 Å². The van der Waals surface area contributed by atoms with Crippen LogP contribution in [0.2, 0.25) is 0 Å². The van der Waals surface area contributed by atoms with Gasteiger partial charge in [0.2, 0.25) is 0 Å². The molecule has 3 aromatic rings. The number of halogens is 1. The number of nitrogens with one attached hydrogen (secondary N) is 1. The van der Waals surface area contributed by atoms with Crippen molar-refractivity contribution in [3.05, 3.63) is 59.4 Å². The molecule has 106 valence electrons. The van der Waals surface area contributed by atoms with Gasteiger partial charge in [-0.25, -0.2) is 9.07 Å². The van der Waals surface area contributed by atoms with E-state index in [4.69, 9.17) is 5.10 Å². The summed E-state index contributed by atoms with van der Waals surface area (Å²) in [6, 6.07) is 13.7. The molecule has 0 saturated carbocycles. The zero-order valence-corrected chi connectivity index (χ0v) is 11.8. The number of benzene rings is 2. The standard InChI is InChI=1S/C17H16FN3/c1-11-6-7-12(10-14(11)18)16-8-9-19-17-13-4-2-3-5-15(13)20-21(16)17/h2-7,10,16,19H,8-9H2,1H3. The van der Waals surface area contributed by atoms with Gasteiger partial charge in [0.1, 0.15) is 11.6 Å². The Morgan fingerprint density at radius 1 is 1.24 bits per heavy atom. The molecule has 0 aliphatic carbocycles. The van der Waals surface area contributed by atoms with E-state index in [-0.39, 0.29) is 11.9 Å². The van der Waals surface area contributed by atoms with Gasteiger partial charge in [-0.1, -0.05) is 24.3 Å². The summed E-state index contributed by atoms with van der Waals surface area (Å²) >= 11 is 0. The number of nitrogens with zero attached hydrogens (tertiary/aromatic N) is 2. The molecule has 1 aliphatic heterocycles. The highest BCUT2D eigenvalue weighted by molar-refractivity contribution is 5.90. The topological polar surface area (TPSA) is 29.9 Å². The minimum absolute atomic E-state index is 0.0868. The van der Waals surface area contributed by atoms with Crippen LogP contribution in [0, 0.1) is 12.7 Å². The maximum atomic E-state index is 13.9. The lowest BCUT2D eigenvalue weighted by Gasteiger charge is -2.26. The molecule has 1 N–H and O–H groups in total. The lowest BCUT2D eigenvalue weighted by molar-refractivity contribution is 0.482. The van der Waals surface area contributed by atoms with Crippen molar-refractivity contribution in [1.82, 2.24) is 9.78 Å². The van der Waals surface area contributed by atoms with Crippen LogP contribution in [-0.2, 0) is 0 Å². The van der Waals surface area contributed by atoms with Gasteiger partial charge in [0.25, 0.3) is 0 Å². The molecule has 0 bridgehead atoms. The second kappa shape index (κ2) is 4.58. The van der Waals surface area contributed by atoms with Gasteiger partial charge in [0.05, 0.1) is 11.6 Å². The Balaban J connectivity index is 1.88. The maximum absolute atomic E-state index is 13.9. The molecule has 2 heterocycles. The smallest absolute Gasteiger partial charge is 0.132 e. The molecule has 3 nitrogen and oxygen atoms in total. The molecule has 1 aromatic heterocycles. The van der Waals surface area contributed by atoms with Gasteiger partial charge >= 0.3 is 0 Å². The van der Waals surface area contributed by atoms with E-state index >= 15 is 0 Å². The Labute approximate surface area is 122 Å². The molecule has 21 heavy (non-hydrogen) atoms. The highest BCUT2D eigenvalue weighted by Crippen LogP contribution is 2.34. The number of anilines is 1. The Hall–Kier alpha value is -2.36. The van der Waals surface area contributed by atoms with E-state index in [1.807, 2.05) is 35.0 Å². The van der Waals surface area contributed by atoms with E-state index in [0.29, 0.717) is 5.56 Å². The van der Waals surface area contributed by atoms with Crippen molar-refractivity contribution in [2.45, 2.75) is 19.4 Å². The minimum Gasteiger partial charge on any atom is -0.370 e. The van der Waals surface area contributed by atoms with Crippen LogP contribution in [-0.4, -0.2) is 16.3 Å². The van der Waals surface area contributed by atoms with Crippen LogP contribution in [0.3, 0.4) is 0 Å². The molecule has 2 aromatic carbocycles. The van der Waals surface area contributed by atoms with Crippen LogP contribution in [0.4, 0.5) is 10.2 Å². The van der Waals surface area contributed by atoms with Crippen LogP contribution in [0.5, 0.6) is 0 Å². The summed E-state index contributed by atoms with van der Waals surface area (Å²) in [5, 5.41) is 9.23. The molecule has 4 rings (SSSR count). The van der Waals surface area contributed by atoms with Crippen molar-refractivity contribution >= 4 is 16.7 Å². The summed E-state index contributed by atoms with van der Waals surface area (Å²) in [7, 11) is 0. The van der Waals surface area contributed by atoms with Crippen molar-refractivity contribution in [2.75, 3.05) is 11.9 Å². The summed E-state index contributed by atoms with van der Waals surface area (Å²) in [6.07, 6.45) is 0.906. The Morgan fingerprint density at radius 2 is 2.10 bits per heavy atom. The average molecular weight is 281 g/mol. The molecule has 1 aliphatic rings. The van der Waals surface area contributed by atoms with E-state index in [1.165, 1.54) is 0 Å². The van der Waals surface area contributed by atoms with Crippen LogP contribution < -0.4 is 5.32 Å². The van der Waals surface area contributed by atoms with Gasteiger partial charge in [-0.15, -0.1) is 0 Å². The molecule has 0 saturated heterocycles. The average Bonchev–Trinajstić information content (AvgIpc) is 2.89. The maximum Gasteiger partial charge on any atom is 0.132 e. The molecule has 1 atom stereocenters. The van der Waals surface area contributed by atoms with Crippen LogP contribution in [0.15, 0.2) is 42.5 Å². The molecule has 4 heteroatoms. The lowest BCUT2D eigenvalue weighted by atomic mass is 10.0. The highest BCUT2D eigenvalue weighted by Gasteiger charge is 2.24. The fourth-order valence-corrected chi connectivity index (χ4v) is 3.03. The van der Waals surface area contributed by atoms with Crippen molar-refractivity contribution in [3.63, 3.8) is 0 Å². The predicted octanol–water partition coefficient (Wildman–Crippen LogP) is 3.89. The van der Waals surface area contributed by atoms with Crippen LogP contribution in [0.1, 0.15) is 23.6 Å². The zero-order valence-electron chi connectivity index (χ0n) is 11.8.